The minimum absolute atomic E-state index is 0.0264. The molecule has 1 amide bonds. The molecule has 0 saturated carbocycles. The van der Waals surface area contributed by atoms with Crippen molar-refractivity contribution in [2.24, 2.45) is 5.73 Å². The van der Waals surface area contributed by atoms with Gasteiger partial charge in [-0.2, -0.15) is 18.2 Å². The summed E-state index contributed by atoms with van der Waals surface area (Å²) in [5.74, 6) is -1.04. The van der Waals surface area contributed by atoms with Crippen molar-refractivity contribution in [2.75, 3.05) is 6.61 Å². The average molecular weight is 553 g/mol. The van der Waals surface area contributed by atoms with Crippen molar-refractivity contribution in [3.05, 3.63) is 90.6 Å². The molecule has 3 aromatic heterocycles. The van der Waals surface area contributed by atoms with E-state index in [2.05, 4.69) is 15.0 Å². The zero-order chi connectivity index (χ0) is 28.3. The van der Waals surface area contributed by atoms with Crippen LogP contribution in [0.4, 0.5) is 22.4 Å². The normalized spacial score (nSPS) is 11.4. The third-order valence-corrected chi connectivity index (χ3v) is 5.56. The highest BCUT2D eigenvalue weighted by atomic mass is 19.4. The first-order chi connectivity index (χ1) is 19.2. The molecule has 2 N–H and O–H groups in total. The third kappa shape index (κ3) is 5.93. The zero-order valence-electron chi connectivity index (χ0n) is 20.4. The van der Waals surface area contributed by atoms with Crippen LogP contribution in [-0.2, 0) is 6.61 Å². The average Bonchev–Trinajstić information content (AvgIpc) is 3.32. The lowest BCUT2D eigenvalue weighted by Gasteiger charge is -2.15. The van der Waals surface area contributed by atoms with E-state index < -0.39 is 24.7 Å². The van der Waals surface area contributed by atoms with Crippen LogP contribution in [0.3, 0.4) is 0 Å². The lowest BCUT2D eigenvalue weighted by atomic mass is 10.2. The Balaban J connectivity index is 1.59. The molecule has 5 aromatic rings. The Hall–Kier alpha value is -5.20. The van der Waals surface area contributed by atoms with Crippen molar-refractivity contribution in [2.45, 2.75) is 12.8 Å². The molecule has 3 heterocycles. The number of pyridine rings is 1. The van der Waals surface area contributed by atoms with Crippen LogP contribution in [0, 0.1) is 5.82 Å². The second-order valence-corrected chi connectivity index (χ2v) is 8.37. The molecular weight excluding hydrogens is 534 g/mol. The number of ether oxygens (including phenoxy) is 3. The van der Waals surface area contributed by atoms with E-state index in [1.54, 1.807) is 0 Å². The molecule has 0 spiro atoms. The fraction of sp³-hybridized carbons (Fsp3) is 0.111. The summed E-state index contributed by atoms with van der Waals surface area (Å²) in [7, 11) is 0. The lowest BCUT2D eigenvalue weighted by Crippen LogP contribution is -2.20. The molecule has 0 aliphatic rings. The Kier molecular flexibility index (Phi) is 7.19. The molecular formula is C27H19F4N5O4. The van der Waals surface area contributed by atoms with Gasteiger partial charge in [0, 0.05) is 11.8 Å². The summed E-state index contributed by atoms with van der Waals surface area (Å²) in [6.45, 7) is -1.47. The van der Waals surface area contributed by atoms with Gasteiger partial charge in [-0.3, -0.25) is 4.98 Å². The van der Waals surface area contributed by atoms with Crippen LogP contribution in [0.1, 0.15) is 5.56 Å². The first-order valence-corrected chi connectivity index (χ1v) is 11.6. The number of halogens is 4. The molecule has 9 nitrogen and oxygen atoms in total. The quantitative estimate of drug-likeness (QED) is 0.249. The maximum absolute atomic E-state index is 15.2. The molecule has 13 heteroatoms. The predicted molar refractivity (Wildman–Crippen MR) is 135 cm³/mol. The largest absolute Gasteiger partial charge is 0.486 e. The van der Waals surface area contributed by atoms with Crippen LogP contribution in [-0.4, -0.2) is 38.4 Å². The topological polar surface area (TPSA) is 114 Å². The van der Waals surface area contributed by atoms with Crippen LogP contribution >= 0.6 is 0 Å². The molecule has 0 fully saturated rings. The number of nitrogens with two attached hydrogens (primary N) is 1. The Bertz CT molecular complexity index is 1660. The van der Waals surface area contributed by atoms with E-state index in [9.17, 15) is 18.0 Å². The second-order valence-electron chi connectivity index (χ2n) is 8.37. The molecule has 0 unspecified atom stereocenters. The molecule has 0 radical (unpaired) electrons. The molecule has 5 rings (SSSR count). The number of amides is 1. The van der Waals surface area contributed by atoms with Gasteiger partial charge in [0.25, 0.3) is 0 Å². The highest BCUT2D eigenvalue weighted by Gasteiger charge is 2.30. The number of rotatable bonds is 8. The van der Waals surface area contributed by atoms with Gasteiger partial charge in [-0.05, 0) is 35.9 Å². The Morgan fingerprint density at radius 3 is 2.42 bits per heavy atom. The van der Waals surface area contributed by atoms with Gasteiger partial charge >= 0.3 is 12.3 Å². The predicted octanol–water partition coefficient (Wildman–Crippen LogP) is 5.60. The van der Waals surface area contributed by atoms with Crippen LogP contribution in [0.15, 0.2) is 79.3 Å². The Morgan fingerprint density at radius 2 is 1.75 bits per heavy atom. The van der Waals surface area contributed by atoms with E-state index in [0.29, 0.717) is 11.4 Å². The van der Waals surface area contributed by atoms with Gasteiger partial charge in [0.05, 0.1) is 23.1 Å². The summed E-state index contributed by atoms with van der Waals surface area (Å²) in [5, 5.41) is 0. The minimum atomic E-state index is -4.63. The molecule has 40 heavy (non-hydrogen) atoms. The van der Waals surface area contributed by atoms with Gasteiger partial charge < -0.3 is 24.5 Å². The summed E-state index contributed by atoms with van der Waals surface area (Å²) < 4.78 is 71.0. The summed E-state index contributed by atoms with van der Waals surface area (Å²) in [4.78, 5) is 23.4. The van der Waals surface area contributed by atoms with Crippen molar-refractivity contribution < 1.29 is 36.6 Å². The van der Waals surface area contributed by atoms with Crippen LogP contribution < -0.4 is 19.9 Å². The molecule has 0 aliphatic heterocycles. The summed E-state index contributed by atoms with van der Waals surface area (Å²) in [5.41, 5.74) is 6.95. The molecule has 0 atom stereocenters. The summed E-state index contributed by atoms with van der Waals surface area (Å²) >= 11 is 0. The second kappa shape index (κ2) is 10.9. The maximum Gasteiger partial charge on any atom is 0.422 e. The number of carbonyl (C=O) groups is 1. The van der Waals surface area contributed by atoms with E-state index in [-0.39, 0.29) is 40.7 Å². The van der Waals surface area contributed by atoms with Crippen molar-refractivity contribution in [1.82, 2.24) is 19.5 Å². The summed E-state index contributed by atoms with van der Waals surface area (Å²) in [6, 6.07) is 17.7. The monoisotopic (exact) mass is 553 g/mol. The van der Waals surface area contributed by atoms with Gasteiger partial charge in [0.15, 0.2) is 23.9 Å². The van der Waals surface area contributed by atoms with Gasteiger partial charge in [0.2, 0.25) is 5.88 Å². The van der Waals surface area contributed by atoms with Crippen molar-refractivity contribution in [1.29, 1.82) is 0 Å². The first-order valence-electron chi connectivity index (χ1n) is 11.6. The molecule has 0 saturated heterocycles. The number of alkyl halides is 3. The van der Waals surface area contributed by atoms with E-state index in [1.165, 1.54) is 41.1 Å². The zero-order valence-corrected chi connectivity index (χ0v) is 20.4. The number of nitrogens with zero attached hydrogens (tertiary/aromatic N) is 4. The Morgan fingerprint density at radius 1 is 0.950 bits per heavy atom. The maximum atomic E-state index is 15.2. The van der Waals surface area contributed by atoms with Crippen molar-refractivity contribution in [3.8, 4) is 34.5 Å². The van der Waals surface area contributed by atoms with E-state index in [1.807, 2.05) is 30.3 Å². The SMILES string of the molecule is NC(=O)Oc1ccc(-c2cc3ncnc(OCC(F)(F)F)c3n2-c2ccc(OCc3ccccc3)c(F)c2)nc1. The van der Waals surface area contributed by atoms with Gasteiger partial charge in [-0.15, -0.1) is 0 Å². The van der Waals surface area contributed by atoms with Crippen LogP contribution in [0.2, 0.25) is 0 Å². The molecule has 0 aliphatic carbocycles. The number of aromatic nitrogens is 4. The van der Waals surface area contributed by atoms with Gasteiger partial charge in [-0.1, -0.05) is 30.3 Å². The number of benzene rings is 2. The number of carbonyl (C=O) groups excluding carboxylic acids is 1. The molecule has 2 aromatic carbocycles. The standard InChI is InChI=1S/C27H19F4N5O4/c28-19-10-17(6-9-23(19)38-13-16-4-2-1-3-5-16)36-22(20-8-7-18(12-33-20)40-26(32)37)11-21-24(36)25(35-15-34-21)39-14-27(29,30)31/h1-12,15H,13-14H2,(H2,32,37). The van der Waals surface area contributed by atoms with E-state index >= 15 is 4.39 Å². The lowest BCUT2D eigenvalue weighted by molar-refractivity contribution is -0.153. The highest BCUT2D eigenvalue weighted by molar-refractivity contribution is 5.89. The number of fused-ring (bicyclic) bond motifs is 1. The minimum Gasteiger partial charge on any atom is -0.486 e. The fourth-order valence-electron chi connectivity index (χ4n) is 3.91. The smallest absolute Gasteiger partial charge is 0.422 e. The van der Waals surface area contributed by atoms with Crippen LogP contribution in [0.25, 0.3) is 28.1 Å². The summed E-state index contributed by atoms with van der Waals surface area (Å²) in [6.07, 6.45) is -3.37. The highest BCUT2D eigenvalue weighted by Crippen LogP contribution is 2.36. The fourth-order valence-corrected chi connectivity index (χ4v) is 3.91. The number of hydrogen-bond donors (Lipinski definition) is 1. The van der Waals surface area contributed by atoms with Gasteiger partial charge in [0.1, 0.15) is 18.5 Å². The number of primary amides is 1. The van der Waals surface area contributed by atoms with E-state index in [0.717, 1.165) is 18.0 Å². The van der Waals surface area contributed by atoms with Crippen LogP contribution in [0.5, 0.6) is 17.4 Å². The third-order valence-electron chi connectivity index (χ3n) is 5.56. The number of hydrogen-bond acceptors (Lipinski definition) is 7. The van der Waals surface area contributed by atoms with Crippen molar-refractivity contribution in [3.63, 3.8) is 0 Å². The van der Waals surface area contributed by atoms with E-state index in [4.69, 9.17) is 19.9 Å². The first kappa shape index (κ1) is 26.4. The molecule has 204 valence electrons. The molecule has 0 bridgehead atoms. The van der Waals surface area contributed by atoms with Crippen molar-refractivity contribution >= 4 is 17.1 Å². The van der Waals surface area contributed by atoms with Gasteiger partial charge in [-0.25, -0.2) is 14.2 Å². The Labute approximate surface area is 223 Å².